The van der Waals surface area contributed by atoms with Crippen LogP contribution in [0.5, 0.6) is 11.5 Å². The molecule has 2 rings (SSSR count). The van der Waals surface area contributed by atoms with Crippen LogP contribution in [0.25, 0.3) is 0 Å². The summed E-state index contributed by atoms with van der Waals surface area (Å²) < 4.78 is 5.60. The Hall–Kier alpha value is -1.91. The molecule has 0 atom stereocenters. The Bertz CT molecular complexity index is 613. The largest absolute Gasteiger partial charge is 0.456 e. The fourth-order valence-corrected chi connectivity index (χ4v) is 1.75. The van der Waals surface area contributed by atoms with Gasteiger partial charge in [-0.3, -0.25) is 0 Å². The van der Waals surface area contributed by atoms with Gasteiger partial charge in [0.2, 0.25) is 0 Å². The molecule has 0 spiro atoms. The van der Waals surface area contributed by atoms with E-state index in [2.05, 4.69) is 5.16 Å². The highest BCUT2D eigenvalue weighted by Gasteiger charge is 2.05. The van der Waals surface area contributed by atoms with E-state index in [-0.39, 0.29) is 5.84 Å². The average molecular weight is 297 g/mol. The third-order valence-corrected chi connectivity index (χ3v) is 2.93. The minimum Gasteiger partial charge on any atom is -0.456 e. The predicted octanol–water partition coefficient (Wildman–Crippen LogP) is 3.88. The van der Waals surface area contributed by atoms with Crippen LogP contribution in [0.4, 0.5) is 0 Å². The third kappa shape index (κ3) is 3.30. The van der Waals surface area contributed by atoms with E-state index >= 15 is 0 Å². The topological polar surface area (TPSA) is 67.8 Å². The molecule has 19 heavy (non-hydrogen) atoms. The van der Waals surface area contributed by atoms with Gasteiger partial charge in [0.1, 0.15) is 11.5 Å². The SMILES string of the molecule is N/C(=N\O)c1ccc(Oc2cc(Cl)ccc2Cl)cc1. The first-order valence-electron chi connectivity index (χ1n) is 5.31. The van der Waals surface area contributed by atoms with Gasteiger partial charge in [0.05, 0.1) is 5.02 Å². The van der Waals surface area contributed by atoms with Crippen LogP contribution in [-0.2, 0) is 0 Å². The molecule has 0 aliphatic carbocycles. The van der Waals surface area contributed by atoms with Crippen molar-refractivity contribution in [2.45, 2.75) is 0 Å². The van der Waals surface area contributed by atoms with Gasteiger partial charge in [0, 0.05) is 16.7 Å². The number of halogens is 2. The standard InChI is InChI=1S/C13H10Cl2N2O2/c14-9-3-6-11(15)12(7-9)19-10-4-1-8(2-5-10)13(16)17-18/h1-7,18H,(H2,16,17). The maximum atomic E-state index is 8.56. The number of rotatable bonds is 3. The highest BCUT2D eigenvalue weighted by Crippen LogP contribution is 2.31. The number of hydrogen-bond donors (Lipinski definition) is 2. The average Bonchev–Trinajstić information content (AvgIpc) is 2.43. The molecular weight excluding hydrogens is 287 g/mol. The highest BCUT2D eigenvalue weighted by atomic mass is 35.5. The molecule has 2 aromatic carbocycles. The van der Waals surface area contributed by atoms with E-state index in [1.165, 1.54) is 0 Å². The maximum Gasteiger partial charge on any atom is 0.170 e. The first-order chi connectivity index (χ1) is 9.10. The molecule has 0 saturated heterocycles. The summed E-state index contributed by atoms with van der Waals surface area (Å²) >= 11 is 11.9. The zero-order chi connectivity index (χ0) is 13.8. The van der Waals surface area contributed by atoms with Crippen LogP contribution in [0.3, 0.4) is 0 Å². The molecule has 0 aliphatic rings. The minimum atomic E-state index is 0.0346. The Morgan fingerprint density at radius 3 is 2.42 bits per heavy atom. The smallest absolute Gasteiger partial charge is 0.170 e. The zero-order valence-corrected chi connectivity index (χ0v) is 11.2. The van der Waals surface area contributed by atoms with E-state index in [0.29, 0.717) is 27.1 Å². The van der Waals surface area contributed by atoms with Gasteiger partial charge < -0.3 is 15.7 Å². The molecule has 0 bridgehead atoms. The van der Waals surface area contributed by atoms with Crippen molar-refractivity contribution >= 4 is 29.0 Å². The van der Waals surface area contributed by atoms with E-state index < -0.39 is 0 Å². The number of amidine groups is 1. The first-order valence-corrected chi connectivity index (χ1v) is 6.06. The second-order valence-corrected chi connectivity index (χ2v) is 4.53. The van der Waals surface area contributed by atoms with Gasteiger partial charge in [-0.25, -0.2) is 0 Å². The summed E-state index contributed by atoms with van der Waals surface area (Å²) in [7, 11) is 0. The number of ether oxygens (including phenoxy) is 1. The molecule has 0 unspecified atom stereocenters. The minimum absolute atomic E-state index is 0.0346. The van der Waals surface area contributed by atoms with Crippen molar-refractivity contribution in [1.29, 1.82) is 0 Å². The van der Waals surface area contributed by atoms with Gasteiger partial charge in [-0.2, -0.15) is 0 Å². The lowest BCUT2D eigenvalue weighted by molar-refractivity contribution is 0.318. The van der Waals surface area contributed by atoms with E-state index in [1.54, 1.807) is 42.5 Å². The van der Waals surface area contributed by atoms with Crippen molar-refractivity contribution in [2.24, 2.45) is 10.9 Å². The van der Waals surface area contributed by atoms with Crippen LogP contribution < -0.4 is 10.5 Å². The van der Waals surface area contributed by atoms with Gasteiger partial charge in [-0.15, -0.1) is 0 Å². The van der Waals surface area contributed by atoms with Gasteiger partial charge in [-0.1, -0.05) is 28.4 Å². The Morgan fingerprint density at radius 1 is 1.11 bits per heavy atom. The van der Waals surface area contributed by atoms with Crippen LogP contribution in [0.2, 0.25) is 10.0 Å². The number of nitrogens with two attached hydrogens (primary N) is 1. The summed E-state index contributed by atoms with van der Waals surface area (Å²) in [6.07, 6.45) is 0. The maximum absolute atomic E-state index is 8.56. The normalized spacial score (nSPS) is 11.4. The summed E-state index contributed by atoms with van der Waals surface area (Å²) in [5, 5.41) is 12.5. The van der Waals surface area contributed by atoms with Crippen LogP contribution in [0.15, 0.2) is 47.6 Å². The lowest BCUT2D eigenvalue weighted by atomic mass is 10.2. The highest BCUT2D eigenvalue weighted by molar-refractivity contribution is 6.34. The van der Waals surface area contributed by atoms with Crippen molar-refractivity contribution in [2.75, 3.05) is 0 Å². The number of nitrogens with zero attached hydrogens (tertiary/aromatic N) is 1. The summed E-state index contributed by atoms with van der Waals surface area (Å²) in [5.74, 6) is 1.07. The molecule has 0 amide bonds. The van der Waals surface area contributed by atoms with Gasteiger partial charge in [-0.05, 0) is 36.4 Å². The van der Waals surface area contributed by atoms with Crippen LogP contribution in [0, 0.1) is 0 Å². The molecular formula is C13H10Cl2N2O2. The lowest BCUT2D eigenvalue weighted by Crippen LogP contribution is -2.12. The molecule has 4 nitrogen and oxygen atoms in total. The molecule has 0 aromatic heterocycles. The summed E-state index contributed by atoms with van der Waals surface area (Å²) in [6, 6.07) is 11.7. The van der Waals surface area contributed by atoms with Crippen molar-refractivity contribution < 1.29 is 9.94 Å². The molecule has 0 radical (unpaired) electrons. The van der Waals surface area contributed by atoms with Crippen LogP contribution >= 0.6 is 23.2 Å². The van der Waals surface area contributed by atoms with E-state index in [0.717, 1.165) is 0 Å². The van der Waals surface area contributed by atoms with Crippen molar-refractivity contribution in [1.82, 2.24) is 0 Å². The van der Waals surface area contributed by atoms with E-state index in [4.69, 9.17) is 38.9 Å². The van der Waals surface area contributed by atoms with Crippen LogP contribution in [0.1, 0.15) is 5.56 Å². The van der Waals surface area contributed by atoms with Crippen molar-refractivity contribution in [3.05, 3.63) is 58.1 Å². The fraction of sp³-hybridized carbons (Fsp3) is 0. The molecule has 6 heteroatoms. The Morgan fingerprint density at radius 2 is 1.79 bits per heavy atom. The molecule has 0 heterocycles. The Labute approximate surface area is 120 Å². The quantitative estimate of drug-likeness (QED) is 0.391. The predicted molar refractivity (Wildman–Crippen MR) is 75.5 cm³/mol. The summed E-state index contributed by atoms with van der Waals surface area (Å²) in [6.45, 7) is 0. The first kappa shape index (κ1) is 13.5. The second-order valence-electron chi connectivity index (χ2n) is 3.69. The number of hydrogen-bond acceptors (Lipinski definition) is 3. The molecule has 0 saturated carbocycles. The third-order valence-electron chi connectivity index (χ3n) is 2.38. The molecule has 0 fully saturated rings. The van der Waals surface area contributed by atoms with E-state index in [1.807, 2.05) is 0 Å². The van der Waals surface area contributed by atoms with Crippen molar-refractivity contribution in [3.63, 3.8) is 0 Å². The molecule has 2 aromatic rings. The monoisotopic (exact) mass is 296 g/mol. The second kappa shape index (κ2) is 5.82. The molecule has 0 aliphatic heterocycles. The van der Waals surface area contributed by atoms with E-state index in [9.17, 15) is 0 Å². The summed E-state index contributed by atoms with van der Waals surface area (Å²) in [5.41, 5.74) is 6.05. The molecule has 3 N–H and O–H groups in total. The number of oxime groups is 1. The van der Waals surface area contributed by atoms with Crippen LogP contribution in [-0.4, -0.2) is 11.0 Å². The van der Waals surface area contributed by atoms with Crippen molar-refractivity contribution in [3.8, 4) is 11.5 Å². The number of benzene rings is 2. The fourth-order valence-electron chi connectivity index (χ4n) is 1.43. The van der Waals surface area contributed by atoms with Gasteiger partial charge in [0.25, 0.3) is 0 Å². The van der Waals surface area contributed by atoms with Gasteiger partial charge in [0.15, 0.2) is 5.84 Å². The Kier molecular flexibility index (Phi) is 4.14. The Balaban J connectivity index is 2.22. The molecule has 98 valence electrons. The summed E-state index contributed by atoms with van der Waals surface area (Å²) in [4.78, 5) is 0. The van der Waals surface area contributed by atoms with Gasteiger partial charge >= 0.3 is 0 Å². The lowest BCUT2D eigenvalue weighted by Gasteiger charge is -2.08. The zero-order valence-electron chi connectivity index (χ0n) is 9.68.